The van der Waals surface area contributed by atoms with E-state index in [0.29, 0.717) is 18.4 Å². The number of likely N-dealkylation sites (tertiary alicyclic amines) is 1. The van der Waals surface area contributed by atoms with E-state index in [0.717, 1.165) is 44.9 Å². The molecule has 0 spiro atoms. The smallest absolute Gasteiger partial charge is 0.223 e. The van der Waals surface area contributed by atoms with Crippen molar-refractivity contribution in [3.05, 3.63) is 18.2 Å². The molecule has 0 radical (unpaired) electrons. The number of rotatable bonds is 5. The van der Waals surface area contributed by atoms with Crippen LogP contribution >= 0.6 is 0 Å². The molecule has 0 bridgehead atoms. The van der Waals surface area contributed by atoms with Crippen LogP contribution in [0.15, 0.2) is 12.4 Å². The number of ether oxygens (including phenoxy) is 1. The zero-order valence-electron chi connectivity index (χ0n) is 13.8. The van der Waals surface area contributed by atoms with Gasteiger partial charge in [-0.25, -0.2) is 4.98 Å². The first-order valence-electron chi connectivity index (χ1n) is 8.78. The number of aromatic nitrogens is 2. The van der Waals surface area contributed by atoms with Crippen LogP contribution in [0.3, 0.4) is 0 Å². The van der Waals surface area contributed by atoms with Gasteiger partial charge in [-0.15, -0.1) is 0 Å². The number of nitrogens with one attached hydrogen (secondary N) is 1. The van der Waals surface area contributed by atoms with Gasteiger partial charge in [-0.1, -0.05) is 0 Å². The number of nitrogens with zero attached hydrogens (tertiary/aromatic N) is 3. The molecule has 2 aliphatic heterocycles. The Morgan fingerprint density at radius 1 is 1.43 bits per heavy atom. The van der Waals surface area contributed by atoms with Crippen molar-refractivity contribution in [2.75, 3.05) is 26.2 Å². The van der Waals surface area contributed by atoms with Gasteiger partial charge in [0.2, 0.25) is 5.91 Å². The molecule has 1 aliphatic carbocycles. The molecule has 0 unspecified atom stereocenters. The maximum Gasteiger partial charge on any atom is 0.223 e. The summed E-state index contributed by atoms with van der Waals surface area (Å²) in [6.45, 7) is 4.57. The molecular formula is C17H26N4O2. The minimum absolute atomic E-state index is 0.173. The molecule has 1 saturated carbocycles. The van der Waals surface area contributed by atoms with Crippen LogP contribution in [0, 0.1) is 17.8 Å². The highest BCUT2D eigenvalue weighted by Crippen LogP contribution is 2.35. The summed E-state index contributed by atoms with van der Waals surface area (Å²) < 4.78 is 8.08. The fourth-order valence-electron chi connectivity index (χ4n) is 3.89. The predicted octanol–water partition coefficient (Wildman–Crippen LogP) is 0.783. The maximum atomic E-state index is 11.8. The first-order valence-corrected chi connectivity index (χ1v) is 8.78. The average molecular weight is 318 g/mol. The van der Waals surface area contributed by atoms with Crippen molar-refractivity contribution >= 4 is 5.91 Å². The van der Waals surface area contributed by atoms with Gasteiger partial charge in [-0.2, -0.15) is 0 Å². The van der Waals surface area contributed by atoms with E-state index in [1.165, 1.54) is 6.42 Å². The minimum Gasteiger partial charge on any atom is -0.376 e. The number of piperidine rings is 1. The third-order valence-electron chi connectivity index (χ3n) is 5.60. The quantitative estimate of drug-likeness (QED) is 0.872. The van der Waals surface area contributed by atoms with E-state index in [1.54, 1.807) is 0 Å². The summed E-state index contributed by atoms with van der Waals surface area (Å²) in [5, 5.41) is 3.09. The molecule has 126 valence electrons. The number of hydrogen-bond donors (Lipinski definition) is 1. The monoisotopic (exact) mass is 318 g/mol. The summed E-state index contributed by atoms with van der Waals surface area (Å²) in [5.41, 5.74) is 0. The Bertz CT molecular complexity index is 569. The van der Waals surface area contributed by atoms with Crippen LogP contribution in [-0.4, -0.2) is 52.7 Å². The Balaban J connectivity index is 1.33. The highest BCUT2D eigenvalue weighted by Gasteiger charge is 2.41. The number of hydrogen-bond acceptors (Lipinski definition) is 4. The second-order valence-electron chi connectivity index (χ2n) is 7.29. The largest absolute Gasteiger partial charge is 0.376 e. The normalized spacial score (nSPS) is 31.1. The van der Waals surface area contributed by atoms with Gasteiger partial charge < -0.3 is 14.6 Å². The van der Waals surface area contributed by atoms with Gasteiger partial charge in [0.05, 0.1) is 19.3 Å². The van der Waals surface area contributed by atoms with E-state index < -0.39 is 0 Å². The summed E-state index contributed by atoms with van der Waals surface area (Å²) in [7, 11) is 2.05. The van der Waals surface area contributed by atoms with Crippen molar-refractivity contribution in [2.45, 2.75) is 31.9 Å². The van der Waals surface area contributed by atoms with E-state index in [2.05, 4.69) is 19.8 Å². The molecule has 1 amide bonds. The number of fused-ring (bicyclic) bond motifs is 1. The second kappa shape index (κ2) is 6.24. The molecule has 4 rings (SSSR count). The van der Waals surface area contributed by atoms with Gasteiger partial charge >= 0.3 is 0 Å². The zero-order valence-corrected chi connectivity index (χ0v) is 13.8. The number of carbonyl (C=O) groups is 1. The van der Waals surface area contributed by atoms with E-state index >= 15 is 0 Å². The maximum absolute atomic E-state index is 11.8. The second-order valence-corrected chi connectivity index (χ2v) is 7.29. The first-order chi connectivity index (χ1) is 11.2. The van der Waals surface area contributed by atoms with E-state index in [-0.39, 0.29) is 17.9 Å². The lowest BCUT2D eigenvalue weighted by molar-refractivity contribution is -0.122. The Morgan fingerprint density at radius 3 is 3.04 bits per heavy atom. The van der Waals surface area contributed by atoms with E-state index in [9.17, 15) is 4.79 Å². The van der Waals surface area contributed by atoms with Crippen LogP contribution in [0.25, 0.3) is 0 Å². The third kappa shape index (κ3) is 3.28. The summed E-state index contributed by atoms with van der Waals surface area (Å²) in [6.07, 6.45) is 7.32. The third-order valence-corrected chi connectivity index (χ3v) is 5.60. The fourth-order valence-corrected chi connectivity index (χ4v) is 3.89. The van der Waals surface area contributed by atoms with E-state index in [4.69, 9.17) is 4.74 Å². The van der Waals surface area contributed by atoms with Crippen molar-refractivity contribution < 1.29 is 9.53 Å². The van der Waals surface area contributed by atoms with Crippen LogP contribution in [0.2, 0.25) is 0 Å². The standard InChI is InChI=1S/C17H26N4O2/c1-20-7-5-18-16(20)10-21-6-4-13-11-23-15(14(13)9-21)8-19-17(22)12-2-3-12/h5,7,12-15H,2-4,6,8-11H2,1H3,(H,19,22)/t13-,14-,15+/m0/s1. The molecule has 3 aliphatic rings. The number of amides is 1. The topological polar surface area (TPSA) is 59.4 Å². The van der Waals surface area contributed by atoms with Crippen LogP contribution in [0.4, 0.5) is 0 Å². The number of aryl methyl sites for hydroxylation is 1. The molecule has 6 heteroatoms. The molecule has 2 saturated heterocycles. The molecule has 0 aromatic carbocycles. The van der Waals surface area contributed by atoms with Crippen molar-refractivity contribution in [3.63, 3.8) is 0 Å². The van der Waals surface area contributed by atoms with Crippen molar-refractivity contribution in [1.29, 1.82) is 0 Å². The molecule has 3 heterocycles. The van der Waals surface area contributed by atoms with Crippen LogP contribution in [-0.2, 0) is 23.1 Å². The van der Waals surface area contributed by atoms with Gasteiger partial charge in [0.15, 0.2) is 0 Å². The first kappa shape index (κ1) is 15.1. The van der Waals surface area contributed by atoms with E-state index in [1.807, 2.05) is 19.4 Å². The minimum atomic E-state index is 0.173. The SMILES string of the molecule is Cn1ccnc1CN1CC[C@H]2CO[C@H](CNC(=O)C3CC3)[C@H]2C1. The Labute approximate surface area is 137 Å². The van der Waals surface area contributed by atoms with Crippen molar-refractivity contribution in [2.24, 2.45) is 24.8 Å². The number of imidazole rings is 1. The summed E-state index contributed by atoms with van der Waals surface area (Å²) in [6, 6.07) is 0. The molecule has 3 atom stereocenters. The van der Waals surface area contributed by atoms with Crippen LogP contribution in [0.5, 0.6) is 0 Å². The van der Waals surface area contributed by atoms with Gasteiger partial charge in [0.25, 0.3) is 0 Å². The lowest BCUT2D eigenvalue weighted by Gasteiger charge is -2.35. The molecule has 23 heavy (non-hydrogen) atoms. The molecule has 3 fully saturated rings. The highest BCUT2D eigenvalue weighted by atomic mass is 16.5. The van der Waals surface area contributed by atoms with Gasteiger partial charge in [-0.3, -0.25) is 9.69 Å². The molecule has 1 aromatic heterocycles. The van der Waals surface area contributed by atoms with Crippen LogP contribution in [0.1, 0.15) is 25.1 Å². The van der Waals surface area contributed by atoms with Crippen LogP contribution < -0.4 is 5.32 Å². The Hall–Kier alpha value is -1.40. The zero-order chi connectivity index (χ0) is 15.8. The molecule has 6 nitrogen and oxygen atoms in total. The molecule has 1 aromatic rings. The van der Waals surface area contributed by atoms with Gasteiger partial charge in [0, 0.05) is 44.4 Å². The predicted molar refractivity (Wildman–Crippen MR) is 85.6 cm³/mol. The molecule has 1 N–H and O–H groups in total. The van der Waals surface area contributed by atoms with Crippen molar-refractivity contribution in [1.82, 2.24) is 19.8 Å². The highest BCUT2D eigenvalue weighted by molar-refractivity contribution is 5.80. The lowest BCUT2D eigenvalue weighted by atomic mass is 9.84. The lowest BCUT2D eigenvalue weighted by Crippen LogP contribution is -2.45. The molecular weight excluding hydrogens is 292 g/mol. The number of carbonyl (C=O) groups excluding carboxylic acids is 1. The summed E-state index contributed by atoms with van der Waals surface area (Å²) in [4.78, 5) is 18.8. The fraction of sp³-hybridized carbons (Fsp3) is 0.765. The Kier molecular flexibility index (Phi) is 4.11. The van der Waals surface area contributed by atoms with Gasteiger partial charge in [-0.05, 0) is 31.7 Å². The summed E-state index contributed by atoms with van der Waals surface area (Å²) >= 11 is 0. The Morgan fingerprint density at radius 2 is 2.30 bits per heavy atom. The van der Waals surface area contributed by atoms with Crippen molar-refractivity contribution in [3.8, 4) is 0 Å². The average Bonchev–Trinajstić information content (AvgIpc) is 3.22. The summed E-state index contributed by atoms with van der Waals surface area (Å²) in [5.74, 6) is 2.79. The van der Waals surface area contributed by atoms with Gasteiger partial charge in [0.1, 0.15) is 5.82 Å².